The van der Waals surface area contributed by atoms with E-state index in [1.807, 2.05) is 30.4 Å². The largest absolute Gasteiger partial charge is 0.389 e. The number of aliphatic hydroxyl groups excluding tert-OH is 1. The second-order valence-electron chi connectivity index (χ2n) is 3.86. The van der Waals surface area contributed by atoms with Gasteiger partial charge >= 0.3 is 0 Å². The van der Waals surface area contributed by atoms with Crippen LogP contribution in [0.3, 0.4) is 0 Å². The second kappa shape index (κ2) is 6.62. The average molecular weight is 296 g/mol. The number of rotatable bonds is 6. The summed E-state index contributed by atoms with van der Waals surface area (Å²) in [6.45, 7) is 10.7. The zero-order valence-electron chi connectivity index (χ0n) is 10.1. The Morgan fingerprint density at radius 3 is 2.41 bits per heavy atom. The molecule has 92 valence electrons. The van der Waals surface area contributed by atoms with Crippen molar-refractivity contribution in [2.75, 3.05) is 18.0 Å². The van der Waals surface area contributed by atoms with Crippen molar-refractivity contribution in [3.63, 3.8) is 0 Å². The molecule has 0 aromatic heterocycles. The molecule has 0 saturated carbocycles. The van der Waals surface area contributed by atoms with Crippen LogP contribution in [0.1, 0.15) is 18.6 Å². The molecule has 0 amide bonds. The van der Waals surface area contributed by atoms with Crippen molar-refractivity contribution in [3.05, 3.63) is 53.5 Å². The number of benzene rings is 1. The molecule has 2 nitrogen and oxygen atoms in total. The van der Waals surface area contributed by atoms with Crippen LogP contribution in [0.4, 0.5) is 5.69 Å². The highest BCUT2D eigenvalue weighted by Gasteiger charge is 2.13. The summed E-state index contributed by atoms with van der Waals surface area (Å²) in [5, 5.41) is 9.79. The topological polar surface area (TPSA) is 23.5 Å². The Morgan fingerprint density at radius 2 is 1.94 bits per heavy atom. The Balaban J connectivity index is 3.18. The average Bonchev–Trinajstić information content (AvgIpc) is 2.28. The second-order valence-corrected chi connectivity index (χ2v) is 4.78. The lowest BCUT2D eigenvalue weighted by atomic mass is 10.1. The molecule has 0 aliphatic carbocycles. The third kappa shape index (κ3) is 3.72. The van der Waals surface area contributed by atoms with Crippen LogP contribution < -0.4 is 4.90 Å². The van der Waals surface area contributed by atoms with Gasteiger partial charge in [-0.2, -0.15) is 0 Å². The van der Waals surface area contributed by atoms with E-state index in [1.54, 1.807) is 6.92 Å². The van der Waals surface area contributed by atoms with Crippen LogP contribution in [-0.4, -0.2) is 18.2 Å². The van der Waals surface area contributed by atoms with E-state index in [2.05, 4.69) is 34.0 Å². The van der Waals surface area contributed by atoms with Crippen molar-refractivity contribution in [1.29, 1.82) is 0 Å². The maximum atomic E-state index is 9.79. The summed E-state index contributed by atoms with van der Waals surface area (Å²) in [6.07, 6.45) is 3.20. The Kier molecular flexibility index (Phi) is 5.45. The van der Waals surface area contributed by atoms with Crippen LogP contribution in [0, 0.1) is 0 Å². The molecule has 1 aromatic rings. The van der Waals surface area contributed by atoms with Crippen LogP contribution in [-0.2, 0) is 0 Å². The van der Waals surface area contributed by atoms with E-state index in [0.29, 0.717) is 0 Å². The Hall–Kier alpha value is -1.06. The summed E-state index contributed by atoms with van der Waals surface area (Å²) in [5.41, 5.74) is 1.92. The highest BCUT2D eigenvalue weighted by atomic mass is 79.9. The molecule has 0 heterocycles. The Morgan fingerprint density at radius 1 is 1.35 bits per heavy atom. The maximum absolute atomic E-state index is 9.79. The quantitative estimate of drug-likeness (QED) is 0.809. The number of anilines is 1. The summed E-state index contributed by atoms with van der Waals surface area (Å²) >= 11 is 3.46. The van der Waals surface area contributed by atoms with Crippen LogP contribution in [0.15, 0.2) is 48.0 Å². The highest BCUT2D eigenvalue weighted by molar-refractivity contribution is 9.10. The molecule has 0 aliphatic rings. The van der Waals surface area contributed by atoms with Crippen molar-refractivity contribution in [3.8, 4) is 0 Å². The third-order valence-corrected chi connectivity index (χ3v) is 2.98. The lowest BCUT2D eigenvalue weighted by molar-refractivity contribution is 0.199. The molecule has 0 fully saturated rings. The van der Waals surface area contributed by atoms with Gasteiger partial charge in [0.15, 0.2) is 0 Å². The molecule has 1 unspecified atom stereocenters. The lowest BCUT2D eigenvalue weighted by Gasteiger charge is -2.26. The van der Waals surface area contributed by atoms with Gasteiger partial charge in [-0.25, -0.2) is 0 Å². The molecule has 0 bridgehead atoms. The Bertz CT molecular complexity index is 391. The summed E-state index contributed by atoms with van der Waals surface area (Å²) in [4.78, 5) is 2.12. The first-order valence-corrected chi connectivity index (χ1v) is 6.33. The summed E-state index contributed by atoms with van der Waals surface area (Å²) in [6, 6.07) is 5.88. The fraction of sp³-hybridized carbons (Fsp3) is 0.286. The SMILES string of the molecule is C=CCN(CC=C)c1cc(Br)ccc1C(C)O. The van der Waals surface area contributed by atoms with E-state index in [-0.39, 0.29) is 0 Å². The molecule has 17 heavy (non-hydrogen) atoms. The monoisotopic (exact) mass is 295 g/mol. The van der Waals surface area contributed by atoms with Gasteiger partial charge in [-0.05, 0) is 19.1 Å². The number of aliphatic hydroxyl groups is 1. The van der Waals surface area contributed by atoms with Crippen molar-refractivity contribution in [2.45, 2.75) is 13.0 Å². The molecule has 1 atom stereocenters. The highest BCUT2D eigenvalue weighted by Crippen LogP contribution is 2.29. The first-order valence-electron chi connectivity index (χ1n) is 5.54. The van der Waals surface area contributed by atoms with E-state index in [9.17, 15) is 5.11 Å². The standard InChI is InChI=1S/C14H18BrNO/c1-4-8-16(9-5-2)14-10-12(15)6-7-13(14)11(3)17/h4-7,10-11,17H,1-2,8-9H2,3H3. The molecule has 0 spiro atoms. The van der Waals surface area contributed by atoms with Gasteiger partial charge in [0.1, 0.15) is 0 Å². The van der Waals surface area contributed by atoms with Gasteiger partial charge in [-0.15, -0.1) is 13.2 Å². The van der Waals surface area contributed by atoms with Crippen LogP contribution >= 0.6 is 15.9 Å². The number of halogens is 1. The third-order valence-electron chi connectivity index (χ3n) is 2.48. The Labute approximate surface area is 111 Å². The molecule has 0 aliphatic heterocycles. The van der Waals surface area contributed by atoms with Crippen molar-refractivity contribution in [1.82, 2.24) is 0 Å². The van der Waals surface area contributed by atoms with Crippen LogP contribution in [0.25, 0.3) is 0 Å². The smallest absolute Gasteiger partial charge is 0.0782 e. The van der Waals surface area contributed by atoms with Gasteiger partial charge in [0.25, 0.3) is 0 Å². The minimum Gasteiger partial charge on any atom is -0.389 e. The van der Waals surface area contributed by atoms with Crippen LogP contribution in [0.2, 0.25) is 0 Å². The first-order chi connectivity index (χ1) is 8.10. The van der Waals surface area contributed by atoms with E-state index in [4.69, 9.17) is 0 Å². The van der Waals surface area contributed by atoms with E-state index in [0.717, 1.165) is 28.8 Å². The minimum atomic E-state index is -0.491. The van der Waals surface area contributed by atoms with Gasteiger partial charge < -0.3 is 10.0 Å². The van der Waals surface area contributed by atoms with Gasteiger partial charge in [-0.1, -0.05) is 34.1 Å². The van der Waals surface area contributed by atoms with Crippen molar-refractivity contribution in [2.24, 2.45) is 0 Å². The van der Waals surface area contributed by atoms with Crippen molar-refractivity contribution >= 4 is 21.6 Å². The normalized spacial score (nSPS) is 11.9. The molecule has 3 heteroatoms. The van der Waals surface area contributed by atoms with Gasteiger partial charge in [0.05, 0.1) is 6.10 Å². The molecule has 0 radical (unpaired) electrons. The zero-order chi connectivity index (χ0) is 12.8. The van der Waals surface area contributed by atoms with E-state index in [1.165, 1.54) is 0 Å². The molecule has 1 N–H and O–H groups in total. The summed E-state index contributed by atoms with van der Waals surface area (Å²) < 4.78 is 0.995. The predicted molar refractivity (Wildman–Crippen MR) is 77.4 cm³/mol. The van der Waals surface area contributed by atoms with Crippen LogP contribution in [0.5, 0.6) is 0 Å². The number of nitrogens with zero attached hydrogens (tertiary/aromatic N) is 1. The van der Waals surface area contributed by atoms with E-state index >= 15 is 0 Å². The summed E-state index contributed by atoms with van der Waals surface area (Å²) in [7, 11) is 0. The molecular weight excluding hydrogens is 278 g/mol. The fourth-order valence-electron chi connectivity index (χ4n) is 1.73. The molecular formula is C14H18BrNO. The van der Waals surface area contributed by atoms with Gasteiger partial charge in [-0.3, -0.25) is 0 Å². The molecule has 0 saturated heterocycles. The predicted octanol–water partition coefficient (Wildman–Crippen LogP) is 3.68. The zero-order valence-corrected chi connectivity index (χ0v) is 11.7. The maximum Gasteiger partial charge on any atom is 0.0782 e. The first kappa shape index (κ1) is 14.0. The van der Waals surface area contributed by atoms with Gasteiger partial charge in [0, 0.05) is 28.8 Å². The fourth-order valence-corrected chi connectivity index (χ4v) is 2.08. The van der Waals surface area contributed by atoms with E-state index < -0.39 is 6.10 Å². The lowest BCUT2D eigenvalue weighted by Crippen LogP contribution is -2.24. The number of hydrogen-bond acceptors (Lipinski definition) is 2. The molecule has 1 rings (SSSR count). The van der Waals surface area contributed by atoms with Gasteiger partial charge in [0.2, 0.25) is 0 Å². The minimum absolute atomic E-state index is 0.491. The number of hydrogen-bond donors (Lipinski definition) is 1. The summed E-state index contributed by atoms with van der Waals surface area (Å²) in [5.74, 6) is 0. The van der Waals surface area contributed by atoms with Crippen molar-refractivity contribution < 1.29 is 5.11 Å². The molecule has 1 aromatic carbocycles.